The third-order valence-corrected chi connectivity index (χ3v) is 7.58. The van der Waals surface area contributed by atoms with Crippen molar-refractivity contribution in [2.75, 3.05) is 37.6 Å². The van der Waals surface area contributed by atoms with E-state index in [0.717, 1.165) is 41.2 Å². The number of nitrogens with zero attached hydrogens (tertiary/aromatic N) is 5. The van der Waals surface area contributed by atoms with E-state index in [-0.39, 0.29) is 24.4 Å². The van der Waals surface area contributed by atoms with Crippen molar-refractivity contribution < 1.29 is 9.59 Å². The number of amides is 2. The molecule has 2 amide bonds. The molecule has 0 aliphatic carbocycles. The molecule has 1 saturated heterocycles. The topological polar surface area (TPSA) is 69.6 Å². The second kappa shape index (κ2) is 12.6. The highest BCUT2D eigenvalue weighted by atomic mass is 16.2. The maximum atomic E-state index is 13.8. The first kappa shape index (κ1) is 27.1. The van der Waals surface area contributed by atoms with Crippen molar-refractivity contribution in [1.82, 2.24) is 20.0 Å². The minimum Gasteiger partial charge on any atom is -0.353 e. The van der Waals surface area contributed by atoms with Crippen molar-refractivity contribution in [1.29, 1.82) is 0 Å². The number of hydrogen-bond donors (Lipinski definition) is 0. The van der Waals surface area contributed by atoms with E-state index in [2.05, 4.69) is 15.1 Å². The minimum atomic E-state index is -0.251. The third kappa shape index (κ3) is 6.20. The molecule has 4 aromatic rings. The van der Waals surface area contributed by atoms with Gasteiger partial charge in [-0.25, -0.2) is 0 Å². The molecule has 204 valence electrons. The molecule has 5 rings (SSSR count). The predicted molar refractivity (Wildman–Crippen MR) is 158 cm³/mol. The SMILES string of the molecule is Cc1ccccc1C(=O)N(CC(=O)N1CCCN(c2ccc(-c3ccccc3)nn2)CC1)[C@H](C)c1ccccc1. The van der Waals surface area contributed by atoms with E-state index in [9.17, 15) is 9.59 Å². The van der Waals surface area contributed by atoms with Gasteiger partial charge in [0.05, 0.1) is 11.7 Å². The van der Waals surface area contributed by atoms with E-state index in [1.807, 2.05) is 116 Å². The largest absolute Gasteiger partial charge is 0.353 e. The van der Waals surface area contributed by atoms with Gasteiger partial charge in [-0.05, 0) is 49.6 Å². The summed E-state index contributed by atoms with van der Waals surface area (Å²) in [6.45, 7) is 6.58. The van der Waals surface area contributed by atoms with Crippen molar-refractivity contribution in [3.63, 3.8) is 0 Å². The van der Waals surface area contributed by atoms with Crippen LogP contribution in [0.15, 0.2) is 97.1 Å². The lowest BCUT2D eigenvalue weighted by atomic mass is 10.0. The van der Waals surface area contributed by atoms with Gasteiger partial charge in [0, 0.05) is 37.3 Å². The average molecular weight is 534 g/mol. The molecule has 1 aliphatic rings. The molecular weight excluding hydrogens is 498 g/mol. The molecule has 0 N–H and O–H groups in total. The normalized spacial score (nSPS) is 14.3. The lowest BCUT2D eigenvalue weighted by Gasteiger charge is -2.32. The van der Waals surface area contributed by atoms with Crippen LogP contribution in [0, 0.1) is 6.92 Å². The molecular formula is C33H35N5O2. The maximum absolute atomic E-state index is 13.8. The summed E-state index contributed by atoms with van der Waals surface area (Å²) in [5.74, 6) is 0.633. The van der Waals surface area contributed by atoms with Crippen LogP contribution < -0.4 is 4.90 Å². The van der Waals surface area contributed by atoms with Crippen LogP contribution in [0.1, 0.15) is 40.9 Å². The Hall–Kier alpha value is -4.52. The first-order valence-corrected chi connectivity index (χ1v) is 13.8. The molecule has 1 atom stereocenters. The molecule has 7 heteroatoms. The molecule has 3 aromatic carbocycles. The number of aryl methyl sites for hydroxylation is 1. The van der Waals surface area contributed by atoms with Crippen LogP contribution in [0.2, 0.25) is 0 Å². The highest BCUT2D eigenvalue weighted by molar-refractivity contribution is 5.98. The number of carbonyl (C=O) groups excluding carboxylic acids is 2. The second-order valence-corrected chi connectivity index (χ2v) is 10.2. The monoisotopic (exact) mass is 533 g/mol. The van der Waals surface area contributed by atoms with Gasteiger partial charge in [0.1, 0.15) is 6.54 Å². The quantitative estimate of drug-likeness (QED) is 0.318. The van der Waals surface area contributed by atoms with Crippen LogP contribution in [-0.4, -0.2) is 64.5 Å². The Morgan fingerprint density at radius 1 is 0.800 bits per heavy atom. The molecule has 1 aromatic heterocycles. The van der Waals surface area contributed by atoms with Gasteiger partial charge in [0.2, 0.25) is 5.91 Å². The molecule has 40 heavy (non-hydrogen) atoms. The number of anilines is 1. The van der Waals surface area contributed by atoms with Crippen molar-refractivity contribution >= 4 is 17.6 Å². The molecule has 0 saturated carbocycles. The molecule has 7 nitrogen and oxygen atoms in total. The van der Waals surface area contributed by atoms with E-state index < -0.39 is 0 Å². The van der Waals surface area contributed by atoms with Crippen molar-refractivity contribution in [3.8, 4) is 11.3 Å². The van der Waals surface area contributed by atoms with Crippen molar-refractivity contribution in [3.05, 3.63) is 114 Å². The Labute approximate surface area is 236 Å². The molecule has 2 heterocycles. The van der Waals surface area contributed by atoms with Gasteiger partial charge in [0.25, 0.3) is 5.91 Å². The summed E-state index contributed by atoms with van der Waals surface area (Å²) in [5.41, 5.74) is 4.38. The van der Waals surface area contributed by atoms with E-state index >= 15 is 0 Å². The lowest BCUT2D eigenvalue weighted by molar-refractivity contribution is -0.132. The van der Waals surface area contributed by atoms with Gasteiger partial charge in [-0.3, -0.25) is 9.59 Å². The molecule has 0 spiro atoms. The fraction of sp³-hybridized carbons (Fsp3) is 0.273. The summed E-state index contributed by atoms with van der Waals surface area (Å²) in [4.78, 5) is 33.2. The summed E-state index contributed by atoms with van der Waals surface area (Å²) in [5, 5.41) is 8.92. The van der Waals surface area contributed by atoms with Gasteiger partial charge in [-0.2, -0.15) is 0 Å². The van der Waals surface area contributed by atoms with E-state index in [4.69, 9.17) is 0 Å². The fourth-order valence-corrected chi connectivity index (χ4v) is 5.16. The van der Waals surface area contributed by atoms with E-state index in [0.29, 0.717) is 25.2 Å². The zero-order valence-electron chi connectivity index (χ0n) is 23.1. The second-order valence-electron chi connectivity index (χ2n) is 10.2. The van der Waals surface area contributed by atoms with Crippen LogP contribution in [-0.2, 0) is 4.79 Å². The summed E-state index contributed by atoms with van der Waals surface area (Å²) in [6.07, 6.45) is 0.813. The molecule has 0 radical (unpaired) electrons. The average Bonchev–Trinajstić information content (AvgIpc) is 3.27. The Morgan fingerprint density at radius 2 is 1.50 bits per heavy atom. The van der Waals surface area contributed by atoms with Gasteiger partial charge in [0.15, 0.2) is 5.82 Å². The van der Waals surface area contributed by atoms with Crippen LogP contribution in [0.4, 0.5) is 5.82 Å². The lowest BCUT2D eigenvalue weighted by Crippen LogP contribution is -2.45. The highest BCUT2D eigenvalue weighted by Gasteiger charge is 2.29. The van der Waals surface area contributed by atoms with E-state index in [1.54, 1.807) is 4.90 Å². The molecule has 1 aliphatic heterocycles. The Kier molecular flexibility index (Phi) is 8.50. The van der Waals surface area contributed by atoms with Gasteiger partial charge in [-0.15, -0.1) is 10.2 Å². The van der Waals surface area contributed by atoms with Crippen LogP contribution >= 0.6 is 0 Å². The Morgan fingerprint density at radius 3 is 2.20 bits per heavy atom. The maximum Gasteiger partial charge on any atom is 0.255 e. The summed E-state index contributed by atoms with van der Waals surface area (Å²) in [7, 11) is 0. The number of carbonyl (C=O) groups is 2. The van der Waals surface area contributed by atoms with Crippen LogP contribution in [0.3, 0.4) is 0 Å². The first-order valence-electron chi connectivity index (χ1n) is 13.8. The smallest absolute Gasteiger partial charge is 0.255 e. The Balaban J connectivity index is 1.28. The van der Waals surface area contributed by atoms with Gasteiger partial charge in [-0.1, -0.05) is 78.9 Å². The summed E-state index contributed by atoms with van der Waals surface area (Å²) < 4.78 is 0. The minimum absolute atomic E-state index is 0.0226. The van der Waals surface area contributed by atoms with Crippen molar-refractivity contribution in [2.24, 2.45) is 0 Å². The highest BCUT2D eigenvalue weighted by Crippen LogP contribution is 2.24. The van der Waals surface area contributed by atoms with Crippen molar-refractivity contribution in [2.45, 2.75) is 26.3 Å². The van der Waals surface area contributed by atoms with E-state index in [1.165, 1.54) is 0 Å². The van der Waals surface area contributed by atoms with Crippen LogP contribution in [0.5, 0.6) is 0 Å². The van der Waals surface area contributed by atoms with Gasteiger partial charge < -0.3 is 14.7 Å². The number of hydrogen-bond acceptors (Lipinski definition) is 5. The zero-order valence-corrected chi connectivity index (χ0v) is 23.1. The molecule has 0 unspecified atom stereocenters. The standard InChI is InChI=1S/C33H35N5O2/c1-25-12-9-10-17-29(25)33(40)38(26(2)27-13-5-3-6-14-27)24-32(39)37-21-11-20-36(22-23-37)31-19-18-30(34-35-31)28-15-7-4-8-16-28/h3-10,12-19,26H,11,20-24H2,1-2H3/t26-/m1/s1. The summed E-state index contributed by atoms with van der Waals surface area (Å²) >= 11 is 0. The van der Waals surface area contributed by atoms with Gasteiger partial charge >= 0.3 is 0 Å². The first-order chi connectivity index (χ1) is 19.5. The molecule has 0 bridgehead atoms. The Bertz CT molecular complexity index is 1430. The third-order valence-electron chi connectivity index (χ3n) is 7.58. The van der Waals surface area contributed by atoms with Crippen LogP contribution in [0.25, 0.3) is 11.3 Å². The number of rotatable bonds is 7. The fourth-order valence-electron chi connectivity index (χ4n) is 5.16. The summed E-state index contributed by atoms with van der Waals surface area (Å²) in [6, 6.07) is 31.2. The predicted octanol–water partition coefficient (Wildman–Crippen LogP) is 5.39. The number of aromatic nitrogens is 2. The number of benzene rings is 3. The molecule has 1 fully saturated rings. The zero-order chi connectivity index (χ0) is 27.9.